The summed E-state index contributed by atoms with van der Waals surface area (Å²) in [5, 5.41) is 20.8. The first kappa shape index (κ1) is 15.5. The van der Waals surface area contributed by atoms with Gasteiger partial charge in [0.1, 0.15) is 11.1 Å². The standard InChI is InChI=1S/C15H15N3O4/c1-9-11-7-10(8-16)5-6-12(11)17(13(9)18(20)21)14(19)22-15(2,3)4/h5-7H,1-4H3. The van der Waals surface area contributed by atoms with Crippen LogP contribution in [0.15, 0.2) is 18.2 Å². The van der Waals surface area contributed by atoms with Crippen molar-refractivity contribution in [2.24, 2.45) is 0 Å². The number of nitro groups is 1. The maximum Gasteiger partial charge on any atom is 0.513 e. The predicted molar refractivity (Wildman–Crippen MR) is 79.7 cm³/mol. The highest BCUT2D eigenvalue weighted by Crippen LogP contribution is 2.32. The summed E-state index contributed by atoms with van der Waals surface area (Å²) in [6.45, 7) is 6.59. The quantitative estimate of drug-likeness (QED) is 0.593. The van der Waals surface area contributed by atoms with Crippen LogP contribution in [0, 0.1) is 28.4 Å². The summed E-state index contributed by atoms with van der Waals surface area (Å²) in [6, 6.07) is 6.52. The van der Waals surface area contributed by atoms with Crippen molar-refractivity contribution in [3.05, 3.63) is 39.4 Å². The number of carbonyl (C=O) groups is 1. The lowest BCUT2D eigenvalue weighted by Gasteiger charge is -2.17. The highest BCUT2D eigenvalue weighted by atomic mass is 16.6. The average Bonchev–Trinajstić information content (AvgIpc) is 2.69. The summed E-state index contributed by atoms with van der Waals surface area (Å²) in [6.07, 6.45) is -0.818. The number of hydrogen-bond donors (Lipinski definition) is 0. The molecule has 0 saturated carbocycles. The molecule has 114 valence electrons. The molecule has 1 heterocycles. The molecule has 7 nitrogen and oxygen atoms in total. The molecule has 0 N–H and O–H groups in total. The van der Waals surface area contributed by atoms with Crippen LogP contribution in [0.25, 0.3) is 10.9 Å². The van der Waals surface area contributed by atoms with Gasteiger partial charge in [-0.1, -0.05) is 0 Å². The number of aryl methyl sites for hydroxylation is 1. The molecule has 0 aliphatic rings. The molecule has 0 aliphatic heterocycles. The van der Waals surface area contributed by atoms with E-state index in [-0.39, 0.29) is 5.82 Å². The third kappa shape index (κ3) is 2.63. The van der Waals surface area contributed by atoms with Crippen LogP contribution in [-0.2, 0) is 4.74 Å². The van der Waals surface area contributed by atoms with E-state index in [9.17, 15) is 14.9 Å². The number of nitriles is 1. The Balaban J connectivity index is 2.76. The second kappa shape index (κ2) is 5.15. The predicted octanol–water partition coefficient (Wildman–Crippen LogP) is 3.51. The smallest absolute Gasteiger partial charge is 0.425 e. The first-order chi connectivity index (χ1) is 10.2. The SMILES string of the molecule is Cc1c([N+](=O)[O-])n(C(=O)OC(C)(C)C)c2ccc(C#N)cc12. The third-order valence-corrected chi connectivity index (χ3v) is 3.07. The van der Waals surface area contributed by atoms with Gasteiger partial charge >= 0.3 is 11.9 Å². The van der Waals surface area contributed by atoms with E-state index >= 15 is 0 Å². The Morgan fingerprint density at radius 2 is 2.05 bits per heavy atom. The molecule has 0 fully saturated rings. The Hall–Kier alpha value is -2.88. The van der Waals surface area contributed by atoms with Crippen molar-refractivity contribution in [3.8, 4) is 6.07 Å². The normalized spacial score (nSPS) is 11.2. The van der Waals surface area contributed by atoms with Crippen LogP contribution in [0.2, 0.25) is 0 Å². The highest BCUT2D eigenvalue weighted by Gasteiger charge is 2.32. The number of aromatic nitrogens is 1. The Kier molecular flexibility index (Phi) is 3.63. The van der Waals surface area contributed by atoms with E-state index in [1.807, 2.05) is 6.07 Å². The minimum absolute atomic E-state index is 0.322. The molecule has 1 aromatic carbocycles. The van der Waals surface area contributed by atoms with Gasteiger partial charge in [0, 0.05) is 5.39 Å². The largest absolute Gasteiger partial charge is 0.513 e. The van der Waals surface area contributed by atoms with Crippen LogP contribution in [-0.4, -0.2) is 21.2 Å². The third-order valence-electron chi connectivity index (χ3n) is 3.07. The zero-order valence-electron chi connectivity index (χ0n) is 12.7. The van der Waals surface area contributed by atoms with E-state index in [4.69, 9.17) is 10.00 Å². The second-order valence-electron chi connectivity index (χ2n) is 5.87. The van der Waals surface area contributed by atoms with Gasteiger partial charge in [0.05, 0.1) is 17.2 Å². The molecule has 22 heavy (non-hydrogen) atoms. The average molecular weight is 301 g/mol. The lowest BCUT2D eigenvalue weighted by atomic mass is 10.1. The maximum atomic E-state index is 12.3. The van der Waals surface area contributed by atoms with Crippen molar-refractivity contribution in [3.63, 3.8) is 0 Å². The Labute approximate surface area is 126 Å². The number of rotatable bonds is 1. The fourth-order valence-electron chi connectivity index (χ4n) is 2.21. The molecule has 0 atom stereocenters. The number of fused-ring (bicyclic) bond motifs is 1. The molecule has 2 rings (SSSR count). The summed E-state index contributed by atoms with van der Waals surface area (Å²) < 4.78 is 6.19. The molecule has 0 saturated heterocycles. The van der Waals surface area contributed by atoms with Gasteiger partial charge in [0.25, 0.3) is 0 Å². The summed E-state index contributed by atoms with van der Waals surface area (Å²) in [4.78, 5) is 23.1. The molecular formula is C15H15N3O4. The number of ether oxygens (including phenoxy) is 1. The molecule has 1 aromatic heterocycles. The molecule has 0 spiro atoms. The van der Waals surface area contributed by atoms with Crippen molar-refractivity contribution in [2.45, 2.75) is 33.3 Å². The first-order valence-corrected chi connectivity index (χ1v) is 6.58. The van der Waals surface area contributed by atoms with Crippen molar-refractivity contribution < 1.29 is 14.5 Å². The summed E-state index contributed by atoms with van der Waals surface area (Å²) >= 11 is 0. The van der Waals surface area contributed by atoms with Gasteiger partial charge in [-0.2, -0.15) is 10.1 Å². The number of nitrogens with zero attached hydrogens (tertiary/aromatic N) is 3. The summed E-state index contributed by atoms with van der Waals surface area (Å²) in [5.74, 6) is -0.348. The number of benzene rings is 1. The maximum absolute atomic E-state index is 12.3. The van der Waals surface area contributed by atoms with Gasteiger partial charge in [0.15, 0.2) is 0 Å². The molecule has 2 aromatic rings. The van der Waals surface area contributed by atoms with E-state index in [0.29, 0.717) is 22.0 Å². The molecular weight excluding hydrogens is 286 g/mol. The molecule has 0 amide bonds. The molecule has 0 unspecified atom stereocenters. The van der Waals surface area contributed by atoms with Gasteiger partial charge in [0.2, 0.25) is 0 Å². The van der Waals surface area contributed by atoms with Crippen LogP contribution < -0.4 is 0 Å². The van der Waals surface area contributed by atoms with Gasteiger partial charge < -0.3 is 14.9 Å². The Morgan fingerprint density at radius 1 is 1.41 bits per heavy atom. The van der Waals surface area contributed by atoms with Crippen molar-refractivity contribution in [1.29, 1.82) is 5.26 Å². The van der Waals surface area contributed by atoms with Crippen LogP contribution in [0.1, 0.15) is 31.9 Å². The fraction of sp³-hybridized carbons (Fsp3) is 0.333. The van der Waals surface area contributed by atoms with E-state index in [2.05, 4.69) is 0 Å². The minimum Gasteiger partial charge on any atom is -0.425 e. The van der Waals surface area contributed by atoms with E-state index < -0.39 is 16.6 Å². The van der Waals surface area contributed by atoms with E-state index in [0.717, 1.165) is 4.57 Å². The van der Waals surface area contributed by atoms with Crippen molar-refractivity contribution in [1.82, 2.24) is 4.57 Å². The van der Waals surface area contributed by atoms with Crippen molar-refractivity contribution in [2.75, 3.05) is 0 Å². The van der Waals surface area contributed by atoms with Gasteiger partial charge in [-0.15, -0.1) is 4.57 Å². The Bertz CT molecular complexity index is 822. The van der Waals surface area contributed by atoms with Crippen molar-refractivity contribution >= 4 is 22.8 Å². The van der Waals surface area contributed by atoms with Gasteiger partial charge in [-0.25, -0.2) is 0 Å². The minimum atomic E-state index is -0.818. The summed E-state index contributed by atoms with van der Waals surface area (Å²) in [5.41, 5.74) is 0.259. The van der Waals surface area contributed by atoms with Crippen LogP contribution in [0.4, 0.5) is 10.6 Å². The monoisotopic (exact) mass is 301 g/mol. The van der Waals surface area contributed by atoms with Gasteiger partial charge in [-0.05, 0) is 50.8 Å². The summed E-state index contributed by atoms with van der Waals surface area (Å²) in [7, 11) is 0. The zero-order chi connectivity index (χ0) is 16.7. The van der Waals surface area contributed by atoms with Crippen LogP contribution in [0.5, 0.6) is 0 Å². The second-order valence-corrected chi connectivity index (χ2v) is 5.87. The molecule has 0 aliphatic carbocycles. The molecule has 0 radical (unpaired) electrons. The Morgan fingerprint density at radius 3 is 2.55 bits per heavy atom. The molecule has 0 bridgehead atoms. The topological polar surface area (TPSA) is 98.2 Å². The number of carbonyl (C=O) groups excluding carboxylic acids is 1. The lowest BCUT2D eigenvalue weighted by molar-refractivity contribution is -0.391. The highest BCUT2D eigenvalue weighted by molar-refractivity contribution is 5.96. The fourth-order valence-corrected chi connectivity index (χ4v) is 2.21. The van der Waals surface area contributed by atoms with Crippen LogP contribution >= 0.6 is 0 Å². The zero-order valence-corrected chi connectivity index (χ0v) is 12.7. The lowest BCUT2D eigenvalue weighted by Crippen LogP contribution is -2.27. The van der Waals surface area contributed by atoms with E-state index in [1.54, 1.807) is 27.7 Å². The van der Waals surface area contributed by atoms with Crippen LogP contribution in [0.3, 0.4) is 0 Å². The first-order valence-electron chi connectivity index (χ1n) is 6.58. The van der Waals surface area contributed by atoms with Gasteiger partial charge in [-0.3, -0.25) is 0 Å². The molecule has 7 heteroatoms. The number of hydrogen-bond acceptors (Lipinski definition) is 5. The van der Waals surface area contributed by atoms with E-state index in [1.165, 1.54) is 18.2 Å².